The first-order valence-corrected chi connectivity index (χ1v) is 7.27. The fraction of sp³-hybridized carbons (Fsp3) is 0.714. The average molecular weight is 273 g/mol. The maximum absolute atomic E-state index is 11.6. The van der Waals surface area contributed by atoms with E-state index in [0.717, 1.165) is 12.8 Å². The summed E-state index contributed by atoms with van der Waals surface area (Å²) in [7, 11) is -2.05. The summed E-state index contributed by atoms with van der Waals surface area (Å²) >= 11 is 0. The number of rotatable bonds is 10. The standard InChI is InChI=1S/C14H26O3P/c1-7-9-13(3,4)11-16-18(15)17-12-14(5,6)10-8-2/h7-8H,1-2,9-12H2,3-6H3/q+1. The highest BCUT2D eigenvalue weighted by Gasteiger charge is 2.30. The van der Waals surface area contributed by atoms with E-state index in [1.54, 1.807) is 0 Å². The predicted octanol–water partition coefficient (Wildman–Crippen LogP) is 4.88. The van der Waals surface area contributed by atoms with Crippen LogP contribution in [0.5, 0.6) is 0 Å². The van der Waals surface area contributed by atoms with Crippen LogP contribution in [0.25, 0.3) is 0 Å². The highest BCUT2D eigenvalue weighted by Crippen LogP contribution is 2.33. The largest absolute Gasteiger partial charge is 0.697 e. The van der Waals surface area contributed by atoms with Gasteiger partial charge in [-0.05, 0) is 23.7 Å². The normalized spacial score (nSPS) is 12.2. The molecule has 0 aliphatic heterocycles. The van der Waals surface area contributed by atoms with Crippen LogP contribution in [-0.2, 0) is 13.6 Å². The Hall–Kier alpha value is -0.500. The zero-order valence-corrected chi connectivity index (χ0v) is 13.0. The van der Waals surface area contributed by atoms with Crippen LogP contribution < -0.4 is 0 Å². The van der Waals surface area contributed by atoms with Gasteiger partial charge in [-0.25, -0.2) is 0 Å². The summed E-state index contributed by atoms with van der Waals surface area (Å²) < 4.78 is 22.1. The van der Waals surface area contributed by atoms with Gasteiger partial charge in [0.1, 0.15) is 13.2 Å². The van der Waals surface area contributed by atoms with Gasteiger partial charge in [0.05, 0.1) is 0 Å². The van der Waals surface area contributed by atoms with E-state index in [1.807, 2.05) is 39.8 Å². The molecule has 104 valence electrons. The molecule has 0 amide bonds. The molecule has 0 unspecified atom stereocenters. The molecule has 0 aliphatic rings. The molecule has 18 heavy (non-hydrogen) atoms. The Morgan fingerprint density at radius 2 is 1.28 bits per heavy atom. The monoisotopic (exact) mass is 273 g/mol. The molecule has 3 nitrogen and oxygen atoms in total. The molecule has 0 saturated carbocycles. The van der Waals surface area contributed by atoms with Gasteiger partial charge in [0.2, 0.25) is 0 Å². The van der Waals surface area contributed by atoms with Crippen LogP contribution in [0.2, 0.25) is 0 Å². The first kappa shape index (κ1) is 17.5. The smallest absolute Gasteiger partial charge is 0.118 e. The van der Waals surface area contributed by atoms with Crippen LogP contribution >= 0.6 is 8.25 Å². The maximum Gasteiger partial charge on any atom is 0.697 e. The fourth-order valence-corrected chi connectivity index (χ4v) is 2.38. The first-order valence-electron chi connectivity index (χ1n) is 6.17. The molecule has 0 rings (SSSR count). The second kappa shape index (κ2) is 7.83. The molecule has 0 aromatic rings. The summed E-state index contributed by atoms with van der Waals surface area (Å²) in [5.41, 5.74) is -0.126. The van der Waals surface area contributed by atoms with E-state index < -0.39 is 8.25 Å². The highest BCUT2D eigenvalue weighted by atomic mass is 31.1. The third-order valence-electron chi connectivity index (χ3n) is 2.52. The molecule has 0 aromatic heterocycles. The van der Waals surface area contributed by atoms with Crippen LogP contribution in [0.1, 0.15) is 40.5 Å². The van der Waals surface area contributed by atoms with Crippen molar-refractivity contribution in [2.24, 2.45) is 10.8 Å². The van der Waals surface area contributed by atoms with Crippen LogP contribution in [0.4, 0.5) is 0 Å². The average Bonchev–Trinajstić information content (AvgIpc) is 2.24. The van der Waals surface area contributed by atoms with Gasteiger partial charge in [-0.2, -0.15) is 0 Å². The first-order chi connectivity index (χ1) is 8.22. The third-order valence-corrected chi connectivity index (χ3v) is 3.20. The van der Waals surface area contributed by atoms with Crippen molar-refractivity contribution < 1.29 is 13.6 Å². The van der Waals surface area contributed by atoms with Gasteiger partial charge in [-0.3, -0.25) is 0 Å². The molecule has 4 heteroatoms. The quantitative estimate of drug-likeness (QED) is 0.420. The lowest BCUT2D eigenvalue weighted by Gasteiger charge is -2.19. The van der Waals surface area contributed by atoms with E-state index in [2.05, 4.69) is 13.2 Å². The van der Waals surface area contributed by atoms with Crippen molar-refractivity contribution in [3.05, 3.63) is 25.3 Å². The maximum atomic E-state index is 11.6. The molecule has 0 saturated heterocycles. The molecule has 0 heterocycles. The van der Waals surface area contributed by atoms with Crippen LogP contribution in [0.3, 0.4) is 0 Å². The molecular weight excluding hydrogens is 247 g/mol. The molecule has 0 atom stereocenters. The van der Waals surface area contributed by atoms with Crippen LogP contribution in [0.15, 0.2) is 25.3 Å². The van der Waals surface area contributed by atoms with Crippen LogP contribution in [0, 0.1) is 10.8 Å². The molecular formula is C14H26O3P+. The molecule has 0 N–H and O–H groups in total. The summed E-state index contributed by atoms with van der Waals surface area (Å²) in [6.45, 7) is 16.3. The van der Waals surface area contributed by atoms with Gasteiger partial charge in [0, 0.05) is 4.57 Å². The SMILES string of the molecule is C=CCC(C)(C)CO[P+](=O)OCC(C)(C)CC=C. The molecule has 0 aromatic carbocycles. The minimum Gasteiger partial charge on any atom is -0.118 e. The van der Waals surface area contributed by atoms with Crippen molar-refractivity contribution in [1.82, 2.24) is 0 Å². The molecule has 0 spiro atoms. The van der Waals surface area contributed by atoms with E-state index in [4.69, 9.17) is 9.05 Å². The number of hydrogen-bond donors (Lipinski definition) is 0. The van der Waals surface area contributed by atoms with Crippen molar-refractivity contribution in [2.45, 2.75) is 40.5 Å². The van der Waals surface area contributed by atoms with Crippen molar-refractivity contribution in [3.8, 4) is 0 Å². The van der Waals surface area contributed by atoms with Gasteiger partial charge >= 0.3 is 8.25 Å². The van der Waals surface area contributed by atoms with Crippen molar-refractivity contribution >= 4 is 8.25 Å². The predicted molar refractivity (Wildman–Crippen MR) is 76.7 cm³/mol. The third kappa shape index (κ3) is 8.57. The summed E-state index contributed by atoms with van der Waals surface area (Å²) in [6.07, 6.45) is 5.31. The van der Waals surface area contributed by atoms with Gasteiger partial charge in [0.25, 0.3) is 0 Å². The Bertz CT molecular complexity index is 267. The lowest BCUT2D eigenvalue weighted by Crippen LogP contribution is -2.18. The van der Waals surface area contributed by atoms with E-state index in [0.29, 0.717) is 13.2 Å². The Labute approximate surface area is 112 Å². The van der Waals surface area contributed by atoms with Gasteiger partial charge in [-0.15, -0.1) is 22.2 Å². The highest BCUT2D eigenvalue weighted by molar-refractivity contribution is 7.33. The molecule has 0 bridgehead atoms. The lowest BCUT2D eigenvalue weighted by atomic mass is 9.91. The second-order valence-electron chi connectivity index (χ2n) is 6.08. The fourth-order valence-electron chi connectivity index (χ4n) is 1.39. The number of allylic oxidation sites excluding steroid dienone is 2. The lowest BCUT2D eigenvalue weighted by molar-refractivity contribution is 0.126. The zero-order valence-electron chi connectivity index (χ0n) is 12.1. The van der Waals surface area contributed by atoms with Gasteiger partial charge < -0.3 is 0 Å². The zero-order chi connectivity index (χ0) is 14.2. The Balaban J connectivity index is 3.98. The Morgan fingerprint density at radius 3 is 1.56 bits per heavy atom. The topological polar surface area (TPSA) is 35.5 Å². The van der Waals surface area contributed by atoms with Gasteiger partial charge in [0.15, 0.2) is 0 Å². The van der Waals surface area contributed by atoms with Crippen molar-refractivity contribution in [2.75, 3.05) is 13.2 Å². The van der Waals surface area contributed by atoms with Crippen LogP contribution in [-0.4, -0.2) is 13.2 Å². The van der Waals surface area contributed by atoms with E-state index in [1.165, 1.54) is 0 Å². The number of hydrogen-bond acceptors (Lipinski definition) is 3. The second-order valence-corrected chi connectivity index (χ2v) is 7.05. The summed E-state index contributed by atoms with van der Waals surface area (Å²) in [5.74, 6) is 0. The minimum absolute atomic E-state index is 0.0628. The summed E-state index contributed by atoms with van der Waals surface area (Å²) in [6, 6.07) is 0. The molecule has 0 fully saturated rings. The van der Waals surface area contributed by atoms with E-state index >= 15 is 0 Å². The van der Waals surface area contributed by atoms with Crippen molar-refractivity contribution in [3.63, 3.8) is 0 Å². The van der Waals surface area contributed by atoms with Crippen molar-refractivity contribution in [1.29, 1.82) is 0 Å². The summed E-state index contributed by atoms with van der Waals surface area (Å²) in [4.78, 5) is 0. The summed E-state index contributed by atoms with van der Waals surface area (Å²) in [5, 5.41) is 0. The Kier molecular flexibility index (Phi) is 7.61. The molecule has 0 aliphatic carbocycles. The Morgan fingerprint density at radius 1 is 0.944 bits per heavy atom. The van der Waals surface area contributed by atoms with E-state index in [9.17, 15) is 4.57 Å². The molecule has 0 radical (unpaired) electrons. The van der Waals surface area contributed by atoms with Gasteiger partial charge in [-0.1, -0.05) is 39.8 Å². The minimum atomic E-state index is -2.05. The van der Waals surface area contributed by atoms with E-state index in [-0.39, 0.29) is 10.8 Å².